The van der Waals surface area contributed by atoms with E-state index in [1.807, 2.05) is 24.3 Å². The van der Waals surface area contributed by atoms with Crippen LogP contribution in [0.25, 0.3) is 0 Å². The van der Waals surface area contributed by atoms with Crippen LogP contribution >= 0.6 is 23.2 Å². The Labute approximate surface area is 145 Å². The van der Waals surface area contributed by atoms with Crippen molar-refractivity contribution >= 4 is 23.2 Å². The Balaban J connectivity index is 1.50. The lowest BCUT2D eigenvalue weighted by molar-refractivity contribution is 0.171. The molecule has 0 unspecified atom stereocenters. The predicted octanol–water partition coefficient (Wildman–Crippen LogP) is 4.32. The lowest BCUT2D eigenvalue weighted by Crippen LogP contribution is -2.32. The molecule has 2 heterocycles. The Morgan fingerprint density at radius 3 is 2.70 bits per heavy atom. The minimum absolute atomic E-state index is 0.320. The van der Waals surface area contributed by atoms with Crippen molar-refractivity contribution in [3.8, 4) is 11.5 Å². The number of benzene rings is 2. The lowest BCUT2D eigenvalue weighted by atomic mass is 9.98. The second-order valence-electron chi connectivity index (χ2n) is 5.91. The summed E-state index contributed by atoms with van der Waals surface area (Å²) in [5, 5.41) is 1.49. The van der Waals surface area contributed by atoms with Gasteiger partial charge in [0.05, 0.1) is 0 Å². The van der Waals surface area contributed by atoms with Gasteiger partial charge in [-0.1, -0.05) is 35.3 Å². The molecule has 4 rings (SSSR count). The van der Waals surface area contributed by atoms with Gasteiger partial charge in [0.2, 0.25) is 6.79 Å². The maximum absolute atomic E-state index is 6.27. The highest BCUT2D eigenvalue weighted by molar-refractivity contribution is 6.35. The van der Waals surface area contributed by atoms with Crippen molar-refractivity contribution < 1.29 is 9.47 Å². The zero-order valence-electron chi connectivity index (χ0n) is 12.6. The van der Waals surface area contributed by atoms with Crippen LogP contribution in [0.2, 0.25) is 10.0 Å². The Bertz CT molecular complexity index is 728. The number of hydrogen-bond acceptors (Lipinski definition) is 3. The minimum Gasteiger partial charge on any atom is -0.454 e. The van der Waals surface area contributed by atoms with E-state index in [9.17, 15) is 0 Å². The summed E-state index contributed by atoms with van der Waals surface area (Å²) in [6.07, 6.45) is 1.88. The van der Waals surface area contributed by atoms with Crippen LogP contribution in [0.4, 0.5) is 0 Å². The summed E-state index contributed by atoms with van der Waals surface area (Å²) in [6.45, 7) is 3.16. The van der Waals surface area contributed by atoms with Gasteiger partial charge >= 0.3 is 0 Å². The fourth-order valence-electron chi connectivity index (χ4n) is 3.29. The number of hydrogen-bond donors (Lipinski definition) is 0. The highest BCUT2D eigenvalue weighted by Gasteiger charge is 2.25. The third kappa shape index (κ3) is 2.89. The van der Waals surface area contributed by atoms with Crippen LogP contribution in [0, 0.1) is 0 Å². The van der Waals surface area contributed by atoms with E-state index in [-0.39, 0.29) is 0 Å². The molecule has 0 aromatic heterocycles. The van der Waals surface area contributed by atoms with E-state index in [1.165, 1.54) is 11.1 Å². The van der Waals surface area contributed by atoms with Gasteiger partial charge in [-0.05, 0) is 42.2 Å². The van der Waals surface area contributed by atoms with Crippen molar-refractivity contribution in [2.45, 2.75) is 19.4 Å². The number of fused-ring (bicyclic) bond motifs is 3. The summed E-state index contributed by atoms with van der Waals surface area (Å²) in [6, 6.07) is 9.84. The molecule has 0 N–H and O–H groups in total. The normalized spacial score (nSPS) is 16.4. The molecule has 0 fully saturated rings. The van der Waals surface area contributed by atoms with Gasteiger partial charge in [0, 0.05) is 35.2 Å². The smallest absolute Gasteiger partial charge is 0.231 e. The molecule has 0 spiro atoms. The molecular formula is C18H17Cl2NO2. The highest BCUT2D eigenvalue weighted by Crippen LogP contribution is 2.39. The van der Waals surface area contributed by atoms with E-state index in [0.29, 0.717) is 6.79 Å². The second kappa shape index (κ2) is 6.23. The second-order valence-corrected chi connectivity index (χ2v) is 6.73. The molecule has 0 amide bonds. The summed E-state index contributed by atoms with van der Waals surface area (Å²) in [4.78, 5) is 2.42. The molecule has 0 bridgehead atoms. The van der Waals surface area contributed by atoms with Crippen LogP contribution in [-0.4, -0.2) is 24.8 Å². The summed E-state index contributed by atoms with van der Waals surface area (Å²) < 4.78 is 11.1. The van der Waals surface area contributed by atoms with Crippen molar-refractivity contribution in [1.29, 1.82) is 0 Å². The van der Waals surface area contributed by atoms with E-state index >= 15 is 0 Å². The molecule has 0 saturated carbocycles. The van der Waals surface area contributed by atoms with Crippen molar-refractivity contribution in [1.82, 2.24) is 4.90 Å². The molecule has 120 valence electrons. The highest BCUT2D eigenvalue weighted by atomic mass is 35.5. The summed E-state index contributed by atoms with van der Waals surface area (Å²) >= 11 is 12.5. The molecule has 5 heteroatoms. The van der Waals surface area contributed by atoms with Gasteiger partial charge < -0.3 is 9.47 Å². The van der Waals surface area contributed by atoms with E-state index in [0.717, 1.165) is 59.6 Å². The fourth-order valence-corrected chi connectivity index (χ4v) is 3.88. The molecule has 2 aromatic rings. The van der Waals surface area contributed by atoms with Gasteiger partial charge in [-0.15, -0.1) is 0 Å². The summed E-state index contributed by atoms with van der Waals surface area (Å²) in [5.41, 5.74) is 3.65. The first-order valence-electron chi connectivity index (χ1n) is 7.78. The lowest BCUT2D eigenvalue weighted by Gasteiger charge is -2.29. The first-order chi connectivity index (χ1) is 11.2. The molecule has 2 aliphatic heterocycles. The molecule has 2 aromatic carbocycles. The van der Waals surface area contributed by atoms with E-state index in [2.05, 4.69) is 11.0 Å². The Morgan fingerprint density at radius 2 is 1.87 bits per heavy atom. The number of halogens is 2. The molecule has 3 nitrogen and oxygen atoms in total. The Hall–Kier alpha value is -1.42. The van der Waals surface area contributed by atoms with E-state index in [1.54, 1.807) is 0 Å². The predicted molar refractivity (Wildman–Crippen MR) is 91.7 cm³/mol. The third-order valence-electron chi connectivity index (χ3n) is 4.56. The Morgan fingerprint density at radius 1 is 1.04 bits per heavy atom. The number of ether oxygens (including phenoxy) is 2. The van der Waals surface area contributed by atoms with Gasteiger partial charge in [-0.25, -0.2) is 0 Å². The summed E-state index contributed by atoms with van der Waals surface area (Å²) in [5.74, 6) is 1.78. The van der Waals surface area contributed by atoms with Crippen LogP contribution in [0.1, 0.15) is 16.7 Å². The van der Waals surface area contributed by atoms with Crippen LogP contribution in [-0.2, 0) is 19.4 Å². The van der Waals surface area contributed by atoms with Gasteiger partial charge in [-0.3, -0.25) is 4.90 Å². The first-order valence-corrected chi connectivity index (χ1v) is 8.53. The molecular weight excluding hydrogens is 333 g/mol. The maximum atomic E-state index is 6.27. The van der Waals surface area contributed by atoms with Gasteiger partial charge in [0.15, 0.2) is 11.5 Å². The van der Waals surface area contributed by atoms with E-state index < -0.39 is 0 Å². The molecule has 0 saturated heterocycles. The average Bonchev–Trinajstić information content (AvgIpc) is 3.03. The quantitative estimate of drug-likeness (QED) is 0.823. The molecule has 23 heavy (non-hydrogen) atoms. The Kier molecular flexibility index (Phi) is 4.10. The van der Waals surface area contributed by atoms with Crippen LogP contribution in [0.5, 0.6) is 11.5 Å². The number of nitrogens with zero attached hydrogens (tertiary/aromatic N) is 1. The van der Waals surface area contributed by atoms with Gasteiger partial charge in [0.25, 0.3) is 0 Å². The summed E-state index contributed by atoms with van der Waals surface area (Å²) in [7, 11) is 0. The standard InChI is InChI=1S/C18H17Cl2NO2/c19-15-2-1-3-16(20)13(15)7-9-21-8-6-12-4-5-17-18(14(12)10-21)23-11-22-17/h1-5H,6-11H2. The molecule has 2 aliphatic rings. The van der Waals surface area contributed by atoms with Gasteiger partial charge in [-0.2, -0.15) is 0 Å². The third-order valence-corrected chi connectivity index (χ3v) is 5.27. The van der Waals surface area contributed by atoms with Crippen molar-refractivity contribution in [3.05, 3.63) is 57.1 Å². The first kappa shape index (κ1) is 15.1. The molecule has 0 radical (unpaired) electrons. The number of rotatable bonds is 3. The maximum Gasteiger partial charge on any atom is 0.231 e. The largest absolute Gasteiger partial charge is 0.454 e. The van der Waals surface area contributed by atoms with Crippen LogP contribution in [0.3, 0.4) is 0 Å². The SMILES string of the molecule is Clc1cccc(Cl)c1CCN1CCc2ccc3c(c2C1)OCO3. The fraction of sp³-hybridized carbons (Fsp3) is 0.333. The molecule has 0 atom stereocenters. The minimum atomic E-state index is 0.320. The average molecular weight is 350 g/mol. The van der Waals surface area contributed by atoms with Crippen molar-refractivity contribution in [2.24, 2.45) is 0 Å². The van der Waals surface area contributed by atoms with Gasteiger partial charge in [0.1, 0.15) is 0 Å². The monoisotopic (exact) mass is 349 g/mol. The van der Waals surface area contributed by atoms with Crippen LogP contribution < -0.4 is 9.47 Å². The van der Waals surface area contributed by atoms with Crippen LogP contribution in [0.15, 0.2) is 30.3 Å². The topological polar surface area (TPSA) is 21.7 Å². The van der Waals surface area contributed by atoms with Crippen molar-refractivity contribution in [3.63, 3.8) is 0 Å². The van der Waals surface area contributed by atoms with Crippen molar-refractivity contribution in [2.75, 3.05) is 19.9 Å². The zero-order chi connectivity index (χ0) is 15.8. The molecule has 0 aliphatic carbocycles. The zero-order valence-corrected chi connectivity index (χ0v) is 14.2. The van der Waals surface area contributed by atoms with E-state index in [4.69, 9.17) is 32.7 Å².